The van der Waals surface area contributed by atoms with Gasteiger partial charge in [-0.15, -0.1) is 0 Å². The first-order chi connectivity index (χ1) is 14.8. The Morgan fingerprint density at radius 2 is 0.867 bits per heavy atom. The molecule has 2 nitrogen and oxygen atoms in total. The molecule has 0 saturated carbocycles. The van der Waals surface area contributed by atoms with Gasteiger partial charge in [0, 0.05) is 12.4 Å². The van der Waals surface area contributed by atoms with E-state index < -0.39 is 0 Å². The molecule has 0 aromatic heterocycles. The largest absolute Gasteiger partial charge is 0.256 e. The molecule has 0 saturated heterocycles. The topological polar surface area (TPSA) is 24.7 Å². The number of benzene rings is 5. The highest BCUT2D eigenvalue weighted by Crippen LogP contribution is 2.22. The van der Waals surface area contributed by atoms with Gasteiger partial charge < -0.3 is 0 Å². The Morgan fingerprint density at radius 3 is 1.37 bits per heavy atom. The van der Waals surface area contributed by atoms with Gasteiger partial charge in [0.2, 0.25) is 0 Å². The van der Waals surface area contributed by atoms with Crippen molar-refractivity contribution in [3.63, 3.8) is 0 Å². The zero-order chi connectivity index (χ0) is 20.2. The van der Waals surface area contributed by atoms with Crippen LogP contribution < -0.4 is 0 Å². The second-order valence-corrected chi connectivity index (χ2v) is 7.25. The van der Waals surface area contributed by atoms with Gasteiger partial charge in [-0.2, -0.15) is 0 Å². The third kappa shape index (κ3) is 4.03. The standard InChI is InChI=1S/C28H20N2/c1-3-10-25-17-27(14-12-23(25)8-1)29-19-21-6-5-7-22(16-21)20-30-28-15-13-24-9-2-4-11-26(24)18-28/h1-20H. The number of hydrogen-bond donors (Lipinski definition) is 0. The fourth-order valence-electron chi connectivity index (χ4n) is 3.53. The molecule has 0 bridgehead atoms. The van der Waals surface area contributed by atoms with E-state index in [9.17, 15) is 0 Å². The first-order valence-electron chi connectivity index (χ1n) is 9.99. The van der Waals surface area contributed by atoms with Crippen LogP contribution in [0.15, 0.2) is 119 Å². The lowest BCUT2D eigenvalue weighted by atomic mass is 10.1. The van der Waals surface area contributed by atoms with Crippen molar-refractivity contribution in [3.05, 3.63) is 120 Å². The number of nitrogens with zero attached hydrogens (tertiary/aromatic N) is 2. The van der Waals surface area contributed by atoms with Crippen LogP contribution in [0.5, 0.6) is 0 Å². The van der Waals surface area contributed by atoms with Crippen molar-refractivity contribution >= 4 is 45.3 Å². The average molecular weight is 384 g/mol. The van der Waals surface area contributed by atoms with Crippen molar-refractivity contribution in [2.24, 2.45) is 9.98 Å². The average Bonchev–Trinajstić information content (AvgIpc) is 2.81. The molecule has 0 aliphatic carbocycles. The lowest BCUT2D eigenvalue weighted by Crippen LogP contribution is -1.86. The van der Waals surface area contributed by atoms with Crippen molar-refractivity contribution in [2.75, 3.05) is 0 Å². The maximum atomic E-state index is 4.65. The van der Waals surface area contributed by atoms with Crippen molar-refractivity contribution in [2.45, 2.75) is 0 Å². The molecule has 5 aromatic carbocycles. The molecular weight excluding hydrogens is 364 g/mol. The summed E-state index contributed by atoms with van der Waals surface area (Å²) in [6.07, 6.45) is 3.80. The van der Waals surface area contributed by atoms with E-state index in [0.29, 0.717) is 0 Å². The second kappa shape index (κ2) is 8.14. The molecular formula is C28H20N2. The smallest absolute Gasteiger partial charge is 0.0636 e. The fourth-order valence-corrected chi connectivity index (χ4v) is 3.53. The summed E-state index contributed by atoms with van der Waals surface area (Å²) >= 11 is 0. The monoisotopic (exact) mass is 384 g/mol. The highest BCUT2D eigenvalue weighted by molar-refractivity contribution is 5.91. The molecule has 0 fully saturated rings. The molecule has 5 aromatic rings. The summed E-state index contributed by atoms with van der Waals surface area (Å²) in [6.45, 7) is 0. The second-order valence-electron chi connectivity index (χ2n) is 7.25. The maximum Gasteiger partial charge on any atom is 0.0636 e. The zero-order valence-electron chi connectivity index (χ0n) is 16.4. The summed E-state index contributed by atoms with van der Waals surface area (Å²) in [7, 11) is 0. The van der Waals surface area contributed by atoms with E-state index in [0.717, 1.165) is 22.5 Å². The van der Waals surface area contributed by atoms with Crippen LogP contribution >= 0.6 is 0 Å². The zero-order valence-corrected chi connectivity index (χ0v) is 16.4. The summed E-state index contributed by atoms with van der Waals surface area (Å²) < 4.78 is 0. The Bertz CT molecular complexity index is 1290. The third-order valence-electron chi connectivity index (χ3n) is 5.10. The van der Waals surface area contributed by atoms with Gasteiger partial charge in [0.05, 0.1) is 11.4 Å². The quantitative estimate of drug-likeness (QED) is 0.287. The minimum absolute atomic E-state index is 0.948. The highest BCUT2D eigenvalue weighted by atomic mass is 14.7. The van der Waals surface area contributed by atoms with Crippen LogP contribution in [-0.4, -0.2) is 12.4 Å². The Balaban J connectivity index is 1.36. The fraction of sp³-hybridized carbons (Fsp3) is 0. The molecule has 0 radical (unpaired) electrons. The minimum atomic E-state index is 0.948. The molecule has 5 rings (SSSR count). The predicted molar refractivity (Wildman–Crippen MR) is 129 cm³/mol. The van der Waals surface area contributed by atoms with Gasteiger partial charge in [0.1, 0.15) is 0 Å². The van der Waals surface area contributed by atoms with Crippen LogP contribution in [0.25, 0.3) is 21.5 Å². The lowest BCUT2D eigenvalue weighted by Gasteiger charge is -2.00. The summed E-state index contributed by atoms with van der Waals surface area (Å²) in [4.78, 5) is 9.30. The molecule has 0 heterocycles. The SMILES string of the molecule is C(=Nc1ccc2ccccc2c1)c1cccc(C=Nc2ccc3ccccc3c2)c1. The van der Waals surface area contributed by atoms with Crippen LogP contribution in [0.4, 0.5) is 11.4 Å². The van der Waals surface area contributed by atoms with Crippen molar-refractivity contribution in [1.29, 1.82) is 0 Å². The van der Waals surface area contributed by atoms with E-state index in [4.69, 9.17) is 0 Å². The van der Waals surface area contributed by atoms with Crippen LogP contribution in [0, 0.1) is 0 Å². The van der Waals surface area contributed by atoms with Gasteiger partial charge in [-0.1, -0.05) is 78.9 Å². The highest BCUT2D eigenvalue weighted by Gasteiger charge is 1.97. The van der Waals surface area contributed by atoms with Crippen LogP contribution in [-0.2, 0) is 0 Å². The number of fused-ring (bicyclic) bond motifs is 2. The Kier molecular flexibility index (Phi) is 4.89. The number of aliphatic imine (C=N–C) groups is 2. The molecule has 0 atom stereocenters. The maximum absolute atomic E-state index is 4.65. The Morgan fingerprint density at radius 1 is 0.400 bits per heavy atom. The third-order valence-corrected chi connectivity index (χ3v) is 5.10. The van der Waals surface area contributed by atoms with Gasteiger partial charge in [0.15, 0.2) is 0 Å². The Labute approximate surface area is 175 Å². The van der Waals surface area contributed by atoms with E-state index in [-0.39, 0.29) is 0 Å². The molecule has 0 aliphatic rings. The number of hydrogen-bond acceptors (Lipinski definition) is 2. The van der Waals surface area contributed by atoms with E-state index in [1.54, 1.807) is 0 Å². The van der Waals surface area contributed by atoms with Crippen LogP contribution in [0.1, 0.15) is 11.1 Å². The van der Waals surface area contributed by atoms with Crippen LogP contribution in [0.2, 0.25) is 0 Å². The summed E-state index contributed by atoms with van der Waals surface area (Å²) in [5, 5.41) is 4.85. The van der Waals surface area contributed by atoms with Gasteiger partial charge >= 0.3 is 0 Å². The molecule has 0 unspecified atom stereocenters. The molecule has 0 N–H and O–H groups in total. The summed E-state index contributed by atoms with van der Waals surface area (Å²) in [6, 6.07) is 37.4. The van der Waals surface area contributed by atoms with E-state index in [1.165, 1.54) is 21.5 Å². The molecule has 30 heavy (non-hydrogen) atoms. The van der Waals surface area contributed by atoms with Gasteiger partial charge in [-0.05, 0) is 63.0 Å². The Hall–Kier alpha value is -4.04. The van der Waals surface area contributed by atoms with Crippen LogP contribution in [0.3, 0.4) is 0 Å². The van der Waals surface area contributed by atoms with E-state index in [1.807, 2.05) is 42.8 Å². The van der Waals surface area contributed by atoms with Gasteiger partial charge in [-0.3, -0.25) is 9.98 Å². The molecule has 0 aliphatic heterocycles. The first-order valence-corrected chi connectivity index (χ1v) is 9.99. The predicted octanol–water partition coefficient (Wildman–Crippen LogP) is 7.49. The van der Waals surface area contributed by atoms with E-state index >= 15 is 0 Å². The normalized spacial score (nSPS) is 11.7. The summed E-state index contributed by atoms with van der Waals surface area (Å²) in [5.41, 5.74) is 3.99. The molecule has 2 heteroatoms. The first kappa shape index (κ1) is 18.0. The lowest BCUT2D eigenvalue weighted by molar-refractivity contribution is 1.53. The molecule has 0 amide bonds. The van der Waals surface area contributed by atoms with Gasteiger partial charge in [-0.25, -0.2) is 0 Å². The van der Waals surface area contributed by atoms with Crippen molar-refractivity contribution in [1.82, 2.24) is 0 Å². The van der Waals surface area contributed by atoms with E-state index in [2.05, 4.69) is 88.8 Å². The minimum Gasteiger partial charge on any atom is -0.256 e. The van der Waals surface area contributed by atoms with Gasteiger partial charge in [0.25, 0.3) is 0 Å². The summed E-state index contributed by atoms with van der Waals surface area (Å²) in [5.74, 6) is 0. The van der Waals surface area contributed by atoms with Crippen molar-refractivity contribution < 1.29 is 0 Å². The molecule has 0 spiro atoms. The number of rotatable bonds is 4. The van der Waals surface area contributed by atoms with Crippen molar-refractivity contribution in [3.8, 4) is 0 Å². The molecule has 142 valence electrons.